The summed E-state index contributed by atoms with van der Waals surface area (Å²) in [4.78, 5) is 51.4. The molecule has 0 aliphatic carbocycles. The summed E-state index contributed by atoms with van der Waals surface area (Å²) >= 11 is 0. The molecule has 13 heteroatoms. The van der Waals surface area contributed by atoms with Gasteiger partial charge in [-0.15, -0.1) is 0 Å². The molecule has 2 rings (SSSR count). The smallest absolute Gasteiger partial charge is 0.303 e. The Morgan fingerprint density at radius 3 is 1.53 bits per heavy atom. The Bertz CT molecular complexity index is 1890. The van der Waals surface area contributed by atoms with E-state index in [1.807, 2.05) is 36.4 Å². The second-order valence-electron chi connectivity index (χ2n) is 20.2. The van der Waals surface area contributed by atoms with Gasteiger partial charge in [0.05, 0.1) is 18.9 Å². The highest BCUT2D eigenvalue weighted by Gasteiger charge is 2.18. The number of hydrogen-bond donors (Lipinski definition) is 4. The molecule has 1 unspecified atom stereocenters. The van der Waals surface area contributed by atoms with Crippen molar-refractivity contribution >= 4 is 47.0 Å². The molecule has 0 aromatic heterocycles. The highest BCUT2D eigenvalue weighted by atomic mass is 16.5. The lowest BCUT2D eigenvalue weighted by Gasteiger charge is -2.28. The quantitative estimate of drug-likeness (QED) is 0.0279. The summed E-state index contributed by atoms with van der Waals surface area (Å²) < 4.78 is 13.2. The zero-order valence-corrected chi connectivity index (χ0v) is 46.4. The second kappa shape index (κ2) is 42.0. The van der Waals surface area contributed by atoms with Crippen LogP contribution in [0.1, 0.15) is 232 Å². The first-order valence-corrected chi connectivity index (χ1v) is 29.1. The maximum Gasteiger partial charge on any atom is 0.303 e. The molecule has 4 N–H and O–H groups in total. The Labute approximate surface area is 446 Å². The molecule has 0 saturated heterocycles. The lowest BCUT2D eigenvalue weighted by Crippen LogP contribution is -2.26. The molecule has 0 spiro atoms. The number of nitriles is 1. The molecule has 74 heavy (non-hydrogen) atoms. The molecule has 0 fully saturated rings. The van der Waals surface area contributed by atoms with Gasteiger partial charge in [-0.05, 0) is 95.1 Å². The Hall–Kier alpha value is -5.25. The van der Waals surface area contributed by atoms with E-state index in [0.29, 0.717) is 41.9 Å². The van der Waals surface area contributed by atoms with Crippen LogP contribution >= 0.6 is 0 Å². The molecule has 2 aromatic carbocycles. The molecular weight excluding hydrogens is 933 g/mol. The van der Waals surface area contributed by atoms with Crippen LogP contribution in [0.25, 0.3) is 6.08 Å². The van der Waals surface area contributed by atoms with Crippen LogP contribution in [0.4, 0.5) is 17.1 Å². The molecule has 0 radical (unpaired) electrons. The second-order valence-corrected chi connectivity index (χ2v) is 20.2. The summed E-state index contributed by atoms with van der Waals surface area (Å²) in [7, 11) is 0. The number of ether oxygens (including phenoxy) is 2. The number of anilines is 3. The molecule has 13 nitrogen and oxygen atoms in total. The number of aliphatic carboxylic acids is 3. The van der Waals surface area contributed by atoms with Crippen LogP contribution in [-0.2, 0) is 19.2 Å². The third kappa shape index (κ3) is 30.2. The molecule has 0 aliphatic rings. The van der Waals surface area contributed by atoms with Crippen molar-refractivity contribution in [3.8, 4) is 17.6 Å². The van der Waals surface area contributed by atoms with Crippen molar-refractivity contribution in [1.29, 1.82) is 5.26 Å². The van der Waals surface area contributed by atoms with Crippen molar-refractivity contribution in [1.82, 2.24) is 0 Å². The van der Waals surface area contributed by atoms with Crippen LogP contribution in [-0.4, -0.2) is 78.5 Å². The number of carboxylic acids is 3. The van der Waals surface area contributed by atoms with E-state index in [1.165, 1.54) is 0 Å². The summed E-state index contributed by atoms with van der Waals surface area (Å²) in [6.07, 6.45) is 31.0. The van der Waals surface area contributed by atoms with Crippen LogP contribution in [0.3, 0.4) is 0 Å². The maximum atomic E-state index is 14.0. The highest BCUT2D eigenvalue weighted by molar-refractivity contribution is 6.10. The van der Waals surface area contributed by atoms with E-state index in [1.54, 1.807) is 6.08 Å². The average Bonchev–Trinajstić information content (AvgIpc) is 3.38. The fraction of sp³-hybridized carbons (Fsp3) is 0.689. The number of rotatable bonds is 48. The molecule has 0 heterocycles. The van der Waals surface area contributed by atoms with Gasteiger partial charge in [0, 0.05) is 74.5 Å². The first-order chi connectivity index (χ1) is 35.9. The van der Waals surface area contributed by atoms with Crippen molar-refractivity contribution in [3.63, 3.8) is 0 Å². The van der Waals surface area contributed by atoms with Crippen molar-refractivity contribution in [3.05, 3.63) is 47.5 Å². The van der Waals surface area contributed by atoms with Crippen LogP contribution in [0.15, 0.2) is 42.0 Å². The van der Waals surface area contributed by atoms with E-state index in [4.69, 9.17) is 24.8 Å². The van der Waals surface area contributed by atoms with Crippen LogP contribution in [0.5, 0.6) is 11.5 Å². The highest BCUT2D eigenvalue weighted by Crippen LogP contribution is 2.34. The van der Waals surface area contributed by atoms with E-state index in [0.717, 1.165) is 217 Å². The monoisotopic (exact) mass is 1030 g/mol. The van der Waals surface area contributed by atoms with E-state index < -0.39 is 23.8 Å². The lowest BCUT2D eigenvalue weighted by molar-refractivity contribution is -0.138. The van der Waals surface area contributed by atoms with Crippen molar-refractivity contribution < 1.29 is 44.0 Å². The Morgan fingerprint density at radius 1 is 0.581 bits per heavy atom. The van der Waals surface area contributed by atoms with Crippen LogP contribution in [0, 0.1) is 17.2 Å². The zero-order chi connectivity index (χ0) is 54.0. The average molecular weight is 1030 g/mol. The third-order valence-corrected chi connectivity index (χ3v) is 14.0. The van der Waals surface area contributed by atoms with Gasteiger partial charge in [-0.2, -0.15) is 5.26 Å². The number of amides is 1. The van der Waals surface area contributed by atoms with Crippen LogP contribution < -0.4 is 24.6 Å². The number of carboxylic acid groups (broad SMARTS) is 3. The van der Waals surface area contributed by atoms with Crippen molar-refractivity contribution in [2.75, 3.05) is 54.5 Å². The Kier molecular flexibility index (Phi) is 36.8. The van der Waals surface area contributed by atoms with E-state index in [2.05, 4.69) is 48.9 Å². The van der Waals surface area contributed by atoms with Gasteiger partial charge in [-0.1, -0.05) is 149 Å². The number of nitrogens with zero attached hydrogens (tertiary/aromatic N) is 3. The largest absolute Gasteiger partial charge is 0.493 e. The zero-order valence-electron chi connectivity index (χ0n) is 46.4. The lowest BCUT2D eigenvalue weighted by atomic mass is 10.0. The van der Waals surface area contributed by atoms with Crippen LogP contribution in [0.2, 0.25) is 0 Å². The van der Waals surface area contributed by atoms with Gasteiger partial charge in [-0.25, -0.2) is 0 Å². The molecule has 0 bridgehead atoms. The topological polar surface area (TPSA) is 190 Å². The minimum absolute atomic E-state index is 0.0287. The normalized spacial score (nSPS) is 11.7. The van der Waals surface area contributed by atoms with E-state index in [9.17, 15) is 24.4 Å². The number of carbonyl (C=O) groups is 4. The first-order valence-electron chi connectivity index (χ1n) is 29.1. The van der Waals surface area contributed by atoms with Gasteiger partial charge < -0.3 is 39.9 Å². The molecule has 1 amide bonds. The Morgan fingerprint density at radius 2 is 1.07 bits per heavy atom. The minimum atomic E-state index is -0.734. The molecular formula is C61H98N4O9. The molecule has 1 atom stereocenters. The summed E-state index contributed by atoms with van der Waals surface area (Å²) in [6.45, 7) is 13.1. The van der Waals surface area contributed by atoms with Gasteiger partial charge >= 0.3 is 17.9 Å². The number of hydrogen-bond acceptors (Lipinski definition) is 9. The Balaban J connectivity index is 2.35. The van der Waals surface area contributed by atoms with Gasteiger partial charge in [0.1, 0.15) is 23.1 Å². The van der Waals surface area contributed by atoms with E-state index >= 15 is 0 Å². The van der Waals surface area contributed by atoms with Crippen molar-refractivity contribution in [2.45, 2.75) is 227 Å². The minimum Gasteiger partial charge on any atom is -0.493 e. The predicted molar refractivity (Wildman–Crippen MR) is 303 cm³/mol. The predicted octanol–water partition coefficient (Wildman–Crippen LogP) is 15.6. The number of carbonyl (C=O) groups excluding carboxylic acids is 1. The number of unbranched alkanes of at least 4 members (excludes halogenated alkanes) is 22. The standard InChI is InChI=1S/C61H98N4O9/c1-5-9-34-50(6-2)49-74-56-47-54(64(7-3)8-4)40-38-51(56)45-52(48-62)61(72)63-53-39-41-55(57(46-53)73-44-33-27-21-15-12-18-24-30-37-60(70)71)65(42-31-25-19-13-10-16-22-28-35-58(66)67)43-32-26-20-14-11-17-23-29-36-59(68)69/h38-41,45-47,50H,5-37,42-44,49H2,1-4H3,(H,63,72)(H,66,67)(H,68,69)(H,70,71)/b52-45+. The van der Waals surface area contributed by atoms with E-state index in [-0.39, 0.29) is 24.8 Å². The van der Waals surface area contributed by atoms with Gasteiger partial charge in [0.25, 0.3) is 5.91 Å². The summed E-state index contributed by atoms with van der Waals surface area (Å²) in [5.41, 5.74) is 3.20. The maximum absolute atomic E-state index is 14.0. The number of nitrogens with one attached hydrogen (secondary N) is 1. The summed E-state index contributed by atoms with van der Waals surface area (Å²) in [5.74, 6) is -0.942. The molecule has 2 aromatic rings. The van der Waals surface area contributed by atoms with Gasteiger partial charge in [-0.3, -0.25) is 19.2 Å². The van der Waals surface area contributed by atoms with Crippen molar-refractivity contribution in [2.24, 2.45) is 5.92 Å². The third-order valence-electron chi connectivity index (χ3n) is 14.0. The molecule has 0 aliphatic heterocycles. The summed E-state index contributed by atoms with van der Waals surface area (Å²) in [6, 6.07) is 14.0. The summed E-state index contributed by atoms with van der Waals surface area (Å²) in [5, 5.41) is 40.3. The van der Waals surface area contributed by atoms with Gasteiger partial charge in [0.15, 0.2) is 0 Å². The van der Waals surface area contributed by atoms with Gasteiger partial charge in [0.2, 0.25) is 0 Å². The first kappa shape index (κ1) is 64.9. The number of benzene rings is 2. The fourth-order valence-corrected chi connectivity index (χ4v) is 9.38. The SMILES string of the molecule is CCCCC(CC)COc1cc(N(CC)CC)ccc1/C=C(\C#N)C(=O)Nc1ccc(N(CCCCCCCCCCC(=O)O)CCCCCCCCCCC(=O)O)c(OCCCCCCCCCCC(=O)O)c1. The molecule has 0 saturated carbocycles. The fourth-order valence-electron chi connectivity index (χ4n) is 9.38. The molecule has 416 valence electrons.